The molecule has 0 amide bonds. The third kappa shape index (κ3) is 3.93. The van der Waals surface area contributed by atoms with Crippen LogP contribution in [0.3, 0.4) is 0 Å². The Morgan fingerprint density at radius 3 is 1.44 bits per heavy atom. The second kappa shape index (κ2) is 8.56. The first-order valence-corrected chi connectivity index (χ1v) is 10.7. The highest BCUT2D eigenvalue weighted by atomic mass is 15.0. The molecule has 0 saturated heterocycles. The first-order valence-electron chi connectivity index (χ1n) is 10.7. The zero-order chi connectivity index (χ0) is 21.9. The Labute approximate surface area is 188 Å². The van der Waals surface area contributed by atoms with Gasteiger partial charge in [-0.25, -0.2) is 0 Å². The molecule has 154 valence electrons. The average Bonchev–Trinajstić information content (AvgIpc) is 2.85. The number of rotatable bonds is 4. The molecule has 0 aliphatic carbocycles. The SMILES string of the molecule is Cc1ccc(-c2cc(-c3ccncc3)[n+](-c3ccncc3)c(-c3ccc(C)cc3)c2)cc1. The summed E-state index contributed by atoms with van der Waals surface area (Å²) in [4.78, 5) is 8.47. The smallest absolute Gasteiger partial charge is 0.219 e. The molecular weight excluding hydrogens is 390 g/mol. The third-order valence-electron chi connectivity index (χ3n) is 5.70. The second-order valence-corrected chi connectivity index (χ2v) is 8.02. The molecule has 0 radical (unpaired) electrons. The number of nitrogens with zero attached hydrogens (tertiary/aromatic N) is 3. The highest BCUT2D eigenvalue weighted by molar-refractivity contribution is 5.74. The van der Waals surface area contributed by atoms with Crippen molar-refractivity contribution in [3.63, 3.8) is 0 Å². The summed E-state index contributed by atoms with van der Waals surface area (Å²) in [7, 11) is 0. The van der Waals surface area contributed by atoms with E-state index >= 15 is 0 Å². The van der Waals surface area contributed by atoms with Crippen LogP contribution in [0.4, 0.5) is 0 Å². The number of aromatic nitrogens is 3. The van der Waals surface area contributed by atoms with Crippen molar-refractivity contribution in [2.45, 2.75) is 13.8 Å². The van der Waals surface area contributed by atoms with Crippen molar-refractivity contribution >= 4 is 0 Å². The maximum atomic E-state index is 4.24. The largest absolute Gasteiger partial charge is 0.265 e. The van der Waals surface area contributed by atoms with E-state index in [0.717, 1.165) is 28.2 Å². The van der Waals surface area contributed by atoms with Crippen molar-refractivity contribution in [3.8, 4) is 39.3 Å². The molecule has 0 aliphatic heterocycles. The molecule has 0 bridgehead atoms. The second-order valence-electron chi connectivity index (χ2n) is 8.02. The number of aryl methyl sites for hydroxylation is 2. The lowest BCUT2D eigenvalue weighted by Crippen LogP contribution is -2.36. The number of pyridine rings is 3. The van der Waals surface area contributed by atoms with Crippen LogP contribution in [0.25, 0.3) is 39.3 Å². The van der Waals surface area contributed by atoms with Crippen molar-refractivity contribution in [1.82, 2.24) is 9.97 Å². The van der Waals surface area contributed by atoms with E-state index in [1.807, 2.05) is 36.9 Å². The maximum absolute atomic E-state index is 4.24. The predicted molar refractivity (Wildman–Crippen MR) is 129 cm³/mol. The van der Waals surface area contributed by atoms with E-state index in [4.69, 9.17) is 0 Å². The zero-order valence-electron chi connectivity index (χ0n) is 18.2. The van der Waals surface area contributed by atoms with Crippen LogP contribution in [-0.4, -0.2) is 9.97 Å². The van der Waals surface area contributed by atoms with Crippen LogP contribution in [0.15, 0.2) is 110 Å². The molecular formula is C29H24N3+. The van der Waals surface area contributed by atoms with Crippen molar-refractivity contribution in [3.05, 3.63) is 121 Å². The van der Waals surface area contributed by atoms with Crippen LogP contribution >= 0.6 is 0 Å². The van der Waals surface area contributed by atoms with E-state index in [2.05, 4.69) is 101 Å². The van der Waals surface area contributed by atoms with E-state index in [1.165, 1.54) is 22.3 Å². The Balaban J connectivity index is 1.86. The van der Waals surface area contributed by atoms with Crippen LogP contribution in [0.2, 0.25) is 0 Å². The molecule has 0 N–H and O–H groups in total. The lowest BCUT2D eigenvalue weighted by Gasteiger charge is -2.12. The van der Waals surface area contributed by atoms with E-state index in [1.54, 1.807) is 0 Å². The summed E-state index contributed by atoms with van der Waals surface area (Å²) in [5, 5.41) is 0. The Hall–Kier alpha value is -4.11. The van der Waals surface area contributed by atoms with Crippen molar-refractivity contribution in [2.24, 2.45) is 0 Å². The molecule has 5 aromatic rings. The maximum Gasteiger partial charge on any atom is 0.219 e. The topological polar surface area (TPSA) is 29.7 Å². The molecule has 3 nitrogen and oxygen atoms in total. The van der Waals surface area contributed by atoms with Crippen LogP contribution < -0.4 is 4.57 Å². The normalized spacial score (nSPS) is 10.8. The van der Waals surface area contributed by atoms with Gasteiger partial charge in [0.15, 0.2) is 0 Å². The Morgan fingerprint density at radius 1 is 0.469 bits per heavy atom. The van der Waals surface area contributed by atoms with Gasteiger partial charge in [-0.2, -0.15) is 4.57 Å². The van der Waals surface area contributed by atoms with Crippen molar-refractivity contribution in [2.75, 3.05) is 0 Å². The van der Waals surface area contributed by atoms with Gasteiger partial charge in [-0.3, -0.25) is 9.97 Å². The summed E-state index contributed by atoms with van der Waals surface area (Å²) >= 11 is 0. The number of hydrogen-bond acceptors (Lipinski definition) is 2. The summed E-state index contributed by atoms with van der Waals surface area (Å²) in [5.41, 5.74) is 10.4. The lowest BCUT2D eigenvalue weighted by molar-refractivity contribution is -0.572. The molecule has 5 rings (SSSR count). The van der Waals surface area contributed by atoms with Gasteiger partial charge < -0.3 is 0 Å². The van der Waals surface area contributed by atoms with Crippen LogP contribution in [-0.2, 0) is 0 Å². The predicted octanol–water partition coefficient (Wildman–Crippen LogP) is 6.37. The summed E-state index contributed by atoms with van der Waals surface area (Å²) in [6, 6.07) is 30.2. The minimum atomic E-state index is 1.07. The fraction of sp³-hybridized carbons (Fsp3) is 0.0690. The minimum absolute atomic E-state index is 1.07. The number of benzene rings is 2. The van der Waals surface area contributed by atoms with Crippen LogP contribution in [0, 0.1) is 13.8 Å². The Morgan fingerprint density at radius 2 is 0.906 bits per heavy atom. The van der Waals surface area contributed by atoms with E-state index in [0.29, 0.717) is 0 Å². The van der Waals surface area contributed by atoms with Gasteiger partial charge in [-0.15, -0.1) is 0 Å². The zero-order valence-corrected chi connectivity index (χ0v) is 18.2. The van der Waals surface area contributed by atoms with Gasteiger partial charge >= 0.3 is 0 Å². The van der Waals surface area contributed by atoms with Gasteiger partial charge in [0.05, 0.1) is 0 Å². The van der Waals surface area contributed by atoms with Gasteiger partial charge in [-0.05, 0) is 49.2 Å². The number of hydrogen-bond donors (Lipinski definition) is 0. The molecule has 32 heavy (non-hydrogen) atoms. The summed E-state index contributed by atoms with van der Waals surface area (Å²) in [6.45, 7) is 4.23. The molecule has 3 heteroatoms. The van der Waals surface area contributed by atoms with E-state index < -0.39 is 0 Å². The van der Waals surface area contributed by atoms with Gasteiger partial charge in [0, 0.05) is 60.2 Å². The quantitative estimate of drug-likeness (QED) is 0.320. The molecule has 0 fully saturated rings. The third-order valence-corrected chi connectivity index (χ3v) is 5.70. The van der Waals surface area contributed by atoms with Crippen molar-refractivity contribution in [1.29, 1.82) is 0 Å². The summed E-state index contributed by atoms with van der Waals surface area (Å²) in [5.74, 6) is 0. The minimum Gasteiger partial charge on any atom is -0.265 e. The molecule has 0 spiro atoms. The molecule has 3 heterocycles. The lowest BCUT2D eigenvalue weighted by atomic mass is 9.98. The van der Waals surface area contributed by atoms with Gasteiger partial charge in [0.25, 0.3) is 0 Å². The molecule has 3 aromatic heterocycles. The van der Waals surface area contributed by atoms with Gasteiger partial charge in [0.1, 0.15) is 0 Å². The molecule has 0 saturated carbocycles. The highest BCUT2D eigenvalue weighted by Gasteiger charge is 2.24. The Kier molecular flexibility index (Phi) is 5.30. The standard InChI is InChI=1S/C29H24N3/c1-21-3-7-23(8-4-21)26-19-28(24-9-5-22(2)6-10-24)32(27-13-17-31-18-14-27)29(20-26)25-11-15-30-16-12-25/h3-20H,1-2H3/q+1. The average molecular weight is 415 g/mol. The van der Waals surface area contributed by atoms with Crippen LogP contribution in [0.1, 0.15) is 11.1 Å². The fourth-order valence-corrected chi connectivity index (χ4v) is 3.95. The first kappa shape index (κ1) is 19.8. The molecule has 0 aliphatic rings. The van der Waals surface area contributed by atoms with Gasteiger partial charge in [-0.1, -0.05) is 47.5 Å². The molecule has 0 unspecified atom stereocenters. The molecule has 0 atom stereocenters. The monoisotopic (exact) mass is 414 g/mol. The summed E-state index contributed by atoms with van der Waals surface area (Å²) < 4.78 is 2.30. The van der Waals surface area contributed by atoms with E-state index in [-0.39, 0.29) is 0 Å². The highest BCUT2D eigenvalue weighted by Crippen LogP contribution is 2.30. The first-order chi connectivity index (χ1) is 15.7. The van der Waals surface area contributed by atoms with E-state index in [9.17, 15) is 0 Å². The fourth-order valence-electron chi connectivity index (χ4n) is 3.95. The Bertz CT molecular complexity index is 1340. The molecule has 2 aromatic carbocycles. The van der Waals surface area contributed by atoms with Crippen LogP contribution in [0.5, 0.6) is 0 Å². The van der Waals surface area contributed by atoms with Gasteiger partial charge in [0.2, 0.25) is 17.1 Å². The summed E-state index contributed by atoms with van der Waals surface area (Å²) in [6.07, 6.45) is 7.36. The van der Waals surface area contributed by atoms with Crippen molar-refractivity contribution < 1.29 is 4.57 Å².